The summed E-state index contributed by atoms with van der Waals surface area (Å²) in [5.74, 6) is -9.46. The minimum absolute atomic E-state index is 0.0941. The van der Waals surface area contributed by atoms with Gasteiger partial charge in [0.05, 0.1) is 0 Å². The third kappa shape index (κ3) is 2.56. The van der Waals surface area contributed by atoms with Gasteiger partial charge in [-0.2, -0.15) is 4.98 Å². The lowest BCUT2D eigenvalue weighted by atomic mass is 10.2. The summed E-state index contributed by atoms with van der Waals surface area (Å²) in [7, 11) is 0. The van der Waals surface area contributed by atoms with Gasteiger partial charge in [-0.25, -0.2) is 22.0 Å². The van der Waals surface area contributed by atoms with E-state index in [-0.39, 0.29) is 18.8 Å². The van der Waals surface area contributed by atoms with Gasteiger partial charge in [-0.1, -0.05) is 5.16 Å². The van der Waals surface area contributed by atoms with E-state index in [4.69, 9.17) is 0 Å². The van der Waals surface area contributed by atoms with Crippen molar-refractivity contribution in [3.05, 3.63) is 40.8 Å². The first-order valence-electron chi connectivity index (χ1n) is 5.46. The first kappa shape index (κ1) is 14.2. The molecule has 4 nitrogen and oxygen atoms in total. The lowest BCUT2D eigenvalue weighted by Gasteiger charge is -2.09. The molecule has 20 heavy (non-hydrogen) atoms. The third-order valence-electron chi connectivity index (χ3n) is 2.43. The minimum Gasteiger partial charge on any atom is -0.380 e. The van der Waals surface area contributed by atoms with Gasteiger partial charge in [0.15, 0.2) is 29.1 Å². The van der Waals surface area contributed by atoms with Crippen LogP contribution in [0, 0.1) is 36.0 Å². The molecular weight excluding hydrogens is 285 g/mol. The van der Waals surface area contributed by atoms with Crippen molar-refractivity contribution in [1.82, 2.24) is 10.1 Å². The number of rotatable bonds is 4. The van der Waals surface area contributed by atoms with Gasteiger partial charge < -0.3 is 9.84 Å². The summed E-state index contributed by atoms with van der Waals surface area (Å²) < 4.78 is 69.9. The highest BCUT2D eigenvalue weighted by atomic mass is 19.2. The van der Waals surface area contributed by atoms with E-state index in [1.807, 2.05) is 0 Å². The minimum atomic E-state index is -2.20. The summed E-state index contributed by atoms with van der Waals surface area (Å²) >= 11 is 0. The first-order valence-corrected chi connectivity index (χ1v) is 5.46. The standard InChI is InChI=1S/C11H8F5N3O/c1-4-18-5(19-20-4)2-3-17-11-9(15)7(13)6(12)8(14)10(11)16/h17H,2-3H2,1H3. The SMILES string of the molecule is Cc1nc(CCNc2c(F)c(F)c(F)c(F)c2F)no1. The molecule has 0 spiro atoms. The molecule has 0 aliphatic heterocycles. The monoisotopic (exact) mass is 293 g/mol. The Morgan fingerprint density at radius 3 is 2.00 bits per heavy atom. The van der Waals surface area contributed by atoms with Crippen LogP contribution in [0.5, 0.6) is 0 Å². The van der Waals surface area contributed by atoms with Crippen LogP contribution in [0.15, 0.2) is 4.52 Å². The molecule has 108 valence electrons. The topological polar surface area (TPSA) is 51.0 Å². The van der Waals surface area contributed by atoms with Crippen molar-refractivity contribution < 1.29 is 26.5 Å². The molecule has 0 amide bonds. The molecule has 0 saturated carbocycles. The Bertz CT molecular complexity index is 614. The lowest BCUT2D eigenvalue weighted by Crippen LogP contribution is -2.12. The summed E-state index contributed by atoms with van der Waals surface area (Å²) in [4.78, 5) is 3.82. The molecule has 0 saturated heterocycles. The zero-order valence-electron chi connectivity index (χ0n) is 10.1. The van der Waals surface area contributed by atoms with E-state index in [2.05, 4.69) is 20.0 Å². The Morgan fingerprint density at radius 2 is 1.50 bits per heavy atom. The highest BCUT2D eigenvalue weighted by Gasteiger charge is 2.25. The molecule has 0 bridgehead atoms. The fourth-order valence-electron chi connectivity index (χ4n) is 1.50. The molecule has 0 unspecified atom stereocenters. The van der Waals surface area contributed by atoms with E-state index in [9.17, 15) is 22.0 Å². The molecule has 0 radical (unpaired) electrons. The second-order valence-electron chi connectivity index (χ2n) is 3.85. The maximum absolute atomic E-state index is 13.3. The number of hydrogen-bond donors (Lipinski definition) is 1. The maximum atomic E-state index is 13.3. The largest absolute Gasteiger partial charge is 0.380 e. The van der Waals surface area contributed by atoms with E-state index in [0.29, 0.717) is 5.89 Å². The van der Waals surface area contributed by atoms with Crippen LogP contribution in [0.2, 0.25) is 0 Å². The van der Waals surface area contributed by atoms with Crippen LogP contribution < -0.4 is 5.32 Å². The highest BCUT2D eigenvalue weighted by molar-refractivity contribution is 5.47. The van der Waals surface area contributed by atoms with Crippen molar-refractivity contribution >= 4 is 5.69 Å². The number of aryl methyl sites for hydroxylation is 1. The van der Waals surface area contributed by atoms with Crippen molar-refractivity contribution in [2.75, 3.05) is 11.9 Å². The van der Waals surface area contributed by atoms with Crippen molar-refractivity contribution in [2.24, 2.45) is 0 Å². The third-order valence-corrected chi connectivity index (χ3v) is 2.43. The molecule has 1 aromatic heterocycles. The zero-order chi connectivity index (χ0) is 14.9. The van der Waals surface area contributed by atoms with Crippen molar-refractivity contribution in [2.45, 2.75) is 13.3 Å². The van der Waals surface area contributed by atoms with E-state index < -0.39 is 34.8 Å². The zero-order valence-corrected chi connectivity index (χ0v) is 10.1. The predicted octanol–water partition coefficient (Wildman–Crippen LogP) is 2.73. The molecule has 2 rings (SSSR count). The Balaban J connectivity index is 2.13. The van der Waals surface area contributed by atoms with Crippen LogP contribution in [0.1, 0.15) is 11.7 Å². The number of aromatic nitrogens is 2. The first-order chi connectivity index (χ1) is 9.41. The van der Waals surface area contributed by atoms with E-state index in [1.165, 1.54) is 0 Å². The second kappa shape index (κ2) is 5.43. The summed E-state index contributed by atoms with van der Waals surface area (Å²) in [5.41, 5.74) is -1.08. The van der Waals surface area contributed by atoms with Crippen LogP contribution in [0.25, 0.3) is 0 Å². The van der Waals surface area contributed by atoms with E-state index >= 15 is 0 Å². The van der Waals surface area contributed by atoms with Gasteiger partial charge in [-0.15, -0.1) is 0 Å². The van der Waals surface area contributed by atoms with Crippen LogP contribution in [0.4, 0.5) is 27.6 Å². The molecule has 0 atom stereocenters. The molecule has 9 heteroatoms. The molecule has 0 aliphatic carbocycles. The number of halogens is 5. The Labute approximate surface area is 109 Å². The van der Waals surface area contributed by atoms with Crippen molar-refractivity contribution in [3.8, 4) is 0 Å². The summed E-state index contributed by atoms with van der Waals surface area (Å²) in [5, 5.41) is 5.65. The Hall–Kier alpha value is -2.19. The highest BCUT2D eigenvalue weighted by Crippen LogP contribution is 2.26. The fraction of sp³-hybridized carbons (Fsp3) is 0.273. The van der Waals surface area contributed by atoms with E-state index in [1.54, 1.807) is 6.92 Å². The quantitative estimate of drug-likeness (QED) is 0.535. The smallest absolute Gasteiger partial charge is 0.223 e. The van der Waals surface area contributed by atoms with Crippen LogP contribution in [0.3, 0.4) is 0 Å². The van der Waals surface area contributed by atoms with Gasteiger partial charge in [0.1, 0.15) is 5.69 Å². The van der Waals surface area contributed by atoms with Crippen molar-refractivity contribution in [3.63, 3.8) is 0 Å². The normalized spacial score (nSPS) is 10.9. The maximum Gasteiger partial charge on any atom is 0.223 e. The lowest BCUT2D eigenvalue weighted by molar-refractivity contribution is 0.381. The fourth-order valence-corrected chi connectivity index (χ4v) is 1.50. The molecule has 1 heterocycles. The molecule has 1 aromatic carbocycles. The Kier molecular flexibility index (Phi) is 3.86. The number of benzene rings is 1. The van der Waals surface area contributed by atoms with Gasteiger partial charge in [0.2, 0.25) is 11.7 Å². The average Bonchev–Trinajstić information content (AvgIpc) is 2.84. The average molecular weight is 293 g/mol. The van der Waals surface area contributed by atoms with Gasteiger partial charge in [0, 0.05) is 19.9 Å². The summed E-state index contributed by atoms with van der Waals surface area (Å²) in [6.45, 7) is 1.42. The number of nitrogens with zero attached hydrogens (tertiary/aromatic N) is 2. The number of hydrogen-bond acceptors (Lipinski definition) is 4. The van der Waals surface area contributed by atoms with Gasteiger partial charge in [-0.3, -0.25) is 0 Å². The van der Waals surface area contributed by atoms with E-state index in [0.717, 1.165) is 0 Å². The van der Waals surface area contributed by atoms with Gasteiger partial charge >= 0.3 is 0 Å². The summed E-state index contributed by atoms with van der Waals surface area (Å²) in [6, 6.07) is 0. The van der Waals surface area contributed by atoms with Crippen LogP contribution in [-0.4, -0.2) is 16.7 Å². The predicted molar refractivity (Wildman–Crippen MR) is 57.5 cm³/mol. The molecular formula is C11H8F5N3O. The molecule has 1 N–H and O–H groups in total. The second-order valence-corrected chi connectivity index (χ2v) is 3.85. The van der Waals surface area contributed by atoms with Crippen molar-refractivity contribution in [1.29, 1.82) is 0 Å². The molecule has 0 aliphatic rings. The molecule has 0 fully saturated rings. The van der Waals surface area contributed by atoms with Crippen LogP contribution in [-0.2, 0) is 6.42 Å². The Morgan fingerprint density at radius 1 is 0.950 bits per heavy atom. The van der Waals surface area contributed by atoms with Crippen LogP contribution >= 0.6 is 0 Å². The summed E-state index contributed by atoms with van der Waals surface area (Å²) in [6.07, 6.45) is 0.0941. The van der Waals surface area contributed by atoms with Gasteiger partial charge in [-0.05, 0) is 0 Å². The number of nitrogens with one attached hydrogen (secondary N) is 1. The number of anilines is 1. The van der Waals surface area contributed by atoms with Gasteiger partial charge in [0.25, 0.3) is 0 Å². The molecule has 2 aromatic rings.